The van der Waals surface area contributed by atoms with E-state index < -0.39 is 11.2 Å². The Morgan fingerprint density at radius 2 is 0.836 bits per heavy atom. The minimum absolute atomic E-state index is 0. The molecule has 0 amide bonds. The summed E-state index contributed by atoms with van der Waals surface area (Å²) in [6, 6.07) is 31.3. The number of rotatable bonds is 12. The number of aliphatic hydroxyl groups excluding tert-OH is 1. The zero-order chi connectivity index (χ0) is 49.2. The molecular formula is C63H94N3NaO6. The van der Waals surface area contributed by atoms with Crippen LogP contribution in [0.2, 0.25) is 0 Å². The molecule has 3 N–H and O–H groups in total. The first kappa shape index (κ1) is 56.0. The van der Waals surface area contributed by atoms with Crippen LogP contribution in [-0.2, 0) is 31.0 Å². The van der Waals surface area contributed by atoms with Crippen molar-refractivity contribution in [3.05, 3.63) is 108 Å². The number of aliphatic hydroxyl groups is 3. The molecule has 6 atom stereocenters. The van der Waals surface area contributed by atoms with E-state index in [1.807, 2.05) is 36.4 Å². The van der Waals surface area contributed by atoms with Gasteiger partial charge in [0.25, 0.3) is 0 Å². The number of piperidine rings is 9. The third-order valence-electron chi connectivity index (χ3n) is 19.9. The molecule has 13 aliphatic rings. The van der Waals surface area contributed by atoms with Gasteiger partial charge in [0.1, 0.15) is 16.8 Å². The van der Waals surface area contributed by atoms with Gasteiger partial charge in [0, 0.05) is 19.6 Å². The summed E-state index contributed by atoms with van der Waals surface area (Å²) >= 11 is 0. The van der Waals surface area contributed by atoms with Gasteiger partial charge in [-0.2, -0.15) is 0 Å². The number of ether oxygens (including phenoxy) is 3. The molecular weight excluding hydrogens is 918 g/mol. The SMILES string of the molecule is O[C@@H]1CN2CCC1CC2.O[C@@](CO[C@@H]1CN2CCC1CC2)(c1ccccc1)C1CCCCC1.O[C@](CO[C@@H]1CN2CCC1CC2)(c1ccccc1)C1CCCCC1.[H-].[Na+].c1ccc(C2(C3CCCCC3)CO2)cc1. The first-order valence-electron chi connectivity index (χ1n) is 29.6. The molecule has 73 heavy (non-hydrogen) atoms. The summed E-state index contributed by atoms with van der Waals surface area (Å²) in [4.78, 5) is 7.39. The van der Waals surface area contributed by atoms with Crippen LogP contribution in [0.25, 0.3) is 0 Å². The summed E-state index contributed by atoms with van der Waals surface area (Å²) in [5.41, 5.74) is 1.94. The van der Waals surface area contributed by atoms with Crippen molar-refractivity contribution in [2.75, 3.05) is 78.7 Å². The monoisotopic (exact) mass is 1010 g/mol. The minimum Gasteiger partial charge on any atom is -1.00 e. The average Bonchev–Trinajstić information content (AvgIpc) is 4.29. The summed E-state index contributed by atoms with van der Waals surface area (Å²) in [5.74, 6) is 3.45. The van der Waals surface area contributed by atoms with Crippen molar-refractivity contribution in [1.29, 1.82) is 0 Å². The van der Waals surface area contributed by atoms with Crippen LogP contribution in [0.5, 0.6) is 0 Å². The van der Waals surface area contributed by atoms with Gasteiger partial charge >= 0.3 is 29.6 Å². The van der Waals surface area contributed by atoms with Crippen molar-refractivity contribution in [1.82, 2.24) is 14.7 Å². The largest absolute Gasteiger partial charge is 1.00 e. The predicted molar refractivity (Wildman–Crippen MR) is 289 cm³/mol. The Kier molecular flexibility index (Phi) is 20.5. The number of fused-ring (bicyclic) bond motifs is 9. The summed E-state index contributed by atoms with van der Waals surface area (Å²) in [7, 11) is 0. The van der Waals surface area contributed by atoms with Crippen LogP contribution in [0.1, 0.15) is 153 Å². The van der Waals surface area contributed by atoms with Crippen molar-refractivity contribution < 1.29 is 60.5 Å². The Morgan fingerprint density at radius 3 is 1.15 bits per heavy atom. The standard InChI is InChI=1S/2C21H31NO2.C14H18O.C7H13NO.Na.H/c2*23-21(18-7-3-1-4-8-18,19-9-5-2-6-10-19)16-24-20-15-22-13-11-17(20)12-14-22;1-3-7-12(8-4-1)14(11-15-14)13-9-5-2-6-10-13;9-7-5-8-3-1-6(7)2-4-8;;/h2*1,3-4,7-8,17,19-20,23H,2,5-6,9-16H2;1,3-4,7-8,13H,2,5-6,9-11H2;6-7,9H,1-5H2;;/q;;;;+1;-1/t20-,21+;20-,21-;;7-;;/m11.1../s1. The van der Waals surface area contributed by atoms with Crippen LogP contribution < -0.4 is 29.6 Å². The van der Waals surface area contributed by atoms with Crippen molar-refractivity contribution in [2.45, 2.75) is 170 Å². The second kappa shape index (κ2) is 26.8. The maximum Gasteiger partial charge on any atom is 1.00 e. The fourth-order valence-electron chi connectivity index (χ4n) is 15.1. The van der Waals surface area contributed by atoms with Crippen LogP contribution in [0, 0.1) is 35.5 Å². The Bertz CT molecular complexity index is 1940. The topological polar surface area (TPSA) is 101 Å². The van der Waals surface area contributed by atoms with E-state index in [1.165, 1.54) is 154 Å². The van der Waals surface area contributed by atoms with Gasteiger partial charge in [0.15, 0.2) is 0 Å². The number of hydrogen-bond donors (Lipinski definition) is 3. The summed E-state index contributed by atoms with van der Waals surface area (Å²) in [5, 5.41) is 32.7. The smallest absolute Gasteiger partial charge is 1.00 e. The van der Waals surface area contributed by atoms with Crippen molar-refractivity contribution >= 4 is 0 Å². The predicted octanol–water partition coefficient (Wildman–Crippen LogP) is 7.81. The minimum atomic E-state index is -0.826. The first-order chi connectivity index (χ1) is 35.3. The summed E-state index contributed by atoms with van der Waals surface area (Å²) < 4.78 is 18.6. The Hall–Kier alpha value is -1.70. The maximum absolute atomic E-state index is 11.7. The zero-order valence-corrected chi connectivity index (χ0v) is 47.1. The van der Waals surface area contributed by atoms with E-state index in [2.05, 4.69) is 69.3 Å². The van der Waals surface area contributed by atoms with Gasteiger partial charge in [0.05, 0.1) is 38.1 Å². The molecule has 3 saturated carbocycles. The molecule has 0 radical (unpaired) electrons. The van der Waals surface area contributed by atoms with Crippen LogP contribution in [-0.4, -0.2) is 127 Å². The third kappa shape index (κ3) is 14.0. The Morgan fingerprint density at radius 1 is 0.479 bits per heavy atom. The van der Waals surface area contributed by atoms with Gasteiger partial charge in [-0.3, -0.25) is 0 Å². The van der Waals surface area contributed by atoms with Crippen molar-refractivity contribution in [3.63, 3.8) is 0 Å². The van der Waals surface area contributed by atoms with E-state index in [1.54, 1.807) is 0 Å². The van der Waals surface area contributed by atoms with Crippen LogP contribution in [0.15, 0.2) is 91.0 Å². The molecule has 6 bridgehead atoms. The normalized spacial score (nSPS) is 34.5. The molecule has 0 spiro atoms. The number of benzene rings is 3. The van der Waals surface area contributed by atoms with Gasteiger partial charge in [-0.15, -0.1) is 0 Å². The molecule has 16 rings (SSSR count). The van der Waals surface area contributed by atoms with Gasteiger partial charge in [0.2, 0.25) is 0 Å². The number of nitrogens with zero attached hydrogens (tertiary/aromatic N) is 3. The molecule has 13 fully saturated rings. The van der Waals surface area contributed by atoms with E-state index in [9.17, 15) is 15.3 Å². The first-order valence-corrected chi connectivity index (χ1v) is 29.6. The molecule has 10 saturated heterocycles. The molecule has 10 heteroatoms. The quantitative estimate of drug-likeness (QED) is 0.124. The van der Waals surface area contributed by atoms with E-state index in [-0.39, 0.29) is 42.7 Å². The molecule has 9 nitrogen and oxygen atoms in total. The molecule has 10 aliphatic heterocycles. The van der Waals surface area contributed by atoms with E-state index in [0.29, 0.717) is 55.0 Å². The number of hydrogen-bond acceptors (Lipinski definition) is 9. The van der Waals surface area contributed by atoms with Gasteiger partial charge < -0.3 is 45.7 Å². The molecule has 1 unspecified atom stereocenters. The fraction of sp³-hybridized carbons (Fsp3) is 0.714. The molecule has 398 valence electrons. The second-order valence-corrected chi connectivity index (χ2v) is 24.3. The molecule has 3 aromatic rings. The summed E-state index contributed by atoms with van der Waals surface area (Å²) in [6.07, 6.45) is 27.1. The average molecular weight is 1010 g/mol. The summed E-state index contributed by atoms with van der Waals surface area (Å²) in [6.45, 7) is 12.3. The van der Waals surface area contributed by atoms with Gasteiger partial charge in [-0.25, -0.2) is 0 Å². The Balaban J connectivity index is 0.000000137. The molecule has 0 aromatic heterocycles. The van der Waals surface area contributed by atoms with Gasteiger partial charge in [-0.1, -0.05) is 149 Å². The van der Waals surface area contributed by atoms with E-state index in [0.717, 1.165) is 69.0 Å². The van der Waals surface area contributed by atoms with Crippen molar-refractivity contribution in [3.8, 4) is 0 Å². The van der Waals surface area contributed by atoms with Gasteiger partial charge in [-0.05, 0) is 169 Å². The third-order valence-corrected chi connectivity index (χ3v) is 19.9. The van der Waals surface area contributed by atoms with E-state index in [4.69, 9.17) is 14.2 Å². The fourth-order valence-corrected chi connectivity index (χ4v) is 15.1. The van der Waals surface area contributed by atoms with Crippen LogP contribution >= 0.6 is 0 Å². The van der Waals surface area contributed by atoms with Crippen LogP contribution in [0.3, 0.4) is 0 Å². The number of epoxide rings is 1. The Labute approximate surface area is 464 Å². The van der Waals surface area contributed by atoms with E-state index >= 15 is 0 Å². The van der Waals surface area contributed by atoms with Crippen LogP contribution in [0.4, 0.5) is 0 Å². The maximum atomic E-state index is 11.7. The molecule has 10 heterocycles. The molecule has 3 aliphatic carbocycles. The molecule has 3 aromatic carbocycles. The second-order valence-electron chi connectivity index (χ2n) is 24.3. The van der Waals surface area contributed by atoms with Crippen molar-refractivity contribution in [2.24, 2.45) is 35.5 Å². The zero-order valence-electron chi connectivity index (χ0n) is 46.1.